The highest BCUT2D eigenvalue weighted by Crippen LogP contribution is 2.14. The Morgan fingerprint density at radius 2 is 2.00 bits per heavy atom. The topological polar surface area (TPSA) is 80.4 Å². The molecule has 0 aliphatic heterocycles. The molecule has 0 bridgehead atoms. The minimum Gasteiger partial charge on any atom is -0.326 e. The van der Waals surface area contributed by atoms with E-state index in [0.717, 1.165) is 0 Å². The zero-order chi connectivity index (χ0) is 9.99. The van der Waals surface area contributed by atoms with E-state index in [4.69, 9.17) is 10.3 Å². The summed E-state index contributed by atoms with van der Waals surface area (Å²) in [6.07, 6.45) is 0.465. The van der Waals surface area contributed by atoms with Crippen LogP contribution in [-0.2, 0) is 10.1 Å². The lowest BCUT2D eigenvalue weighted by atomic mass is 9.94. The minimum atomic E-state index is -3.91. The molecule has 12 heavy (non-hydrogen) atoms. The lowest BCUT2D eigenvalue weighted by Crippen LogP contribution is -2.35. The number of nitrogens with two attached hydrogens (primary N) is 1. The Labute approximate surface area is 73.9 Å². The number of rotatable bonds is 4. The van der Waals surface area contributed by atoms with Gasteiger partial charge in [0.1, 0.15) is 0 Å². The molecule has 3 N–H and O–H groups in total. The van der Waals surface area contributed by atoms with Crippen molar-refractivity contribution in [3.63, 3.8) is 0 Å². The van der Waals surface area contributed by atoms with Gasteiger partial charge >= 0.3 is 0 Å². The Bertz CT molecular complexity index is 228. The van der Waals surface area contributed by atoms with E-state index in [9.17, 15) is 8.42 Å². The van der Waals surface area contributed by atoms with Crippen molar-refractivity contribution in [3.05, 3.63) is 6.92 Å². The second kappa shape index (κ2) is 3.72. The first-order valence-corrected chi connectivity index (χ1v) is 5.28. The van der Waals surface area contributed by atoms with Gasteiger partial charge in [-0.3, -0.25) is 4.55 Å². The van der Waals surface area contributed by atoms with Crippen molar-refractivity contribution in [2.24, 2.45) is 11.7 Å². The molecule has 0 amide bonds. The summed E-state index contributed by atoms with van der Waals surface area (Å²) < 4.78 is 29.3. The molecule has 73 valence electrons. The Kier molecular flexibility index (Phi) is 3.68. The molecule has 0 aromatic heterocycles. The molecule has 0 aromatic rings. The molecule has 5 heteroatoms. The van der Waals surface area contributed by atoms with Crippen molar-refractivity contribution in [1.82, 2.24) is 0 Å². The Morgan fingerprint density at radius 1 is 1.58 bits per heavy atom. The Balaban J connectivity index is 4.00. The van der Waals surface area contributed by atoms with Gasteiger partial charge < -0.3 is 5.73 Å². The summed E-state index contributed by atoms with van der Waals surface area (Å²) >= 11 is 0. The summed E-state index contributed by atoms with van der Waals surface area (Å²) in [7, 11) is -3.91. The van der Waals surface area contributed by atoms with E-state index in [-0.39, 0.29) is 11.7 Å². The van der Waals surface area contributed by atoms with Gasteiger partial charge in [-0.1, -0.05) is 0 Å². The van der Waals surface area contributed by atoms with E-state index in [1.54, 1.807) is 13.8 Å². The third-order valence-electron chi connectivity index (χ3n) is 1.26. The van der Waals surface area contributed by atoms with Crippen LogP contribution in [-0.4, -0.2) is 24.3 Å². The summed E-state index contributed by atoms with van der Waals surface area (Å²) in [6, 6.07) is 0. The molecule has 0 aromatic carbocycles. The van der Waals surface area contributed by atoms with Crippen LogP contribution in [0.5, 0.6) is 0 Å². The predicted molar refractivity (Wildman–Crippen MR) is 48.1 cm³/mol. The summed E-state index contributed by atoms with van der Waals surface area (Å²) in [6.45, 7) is 7.16. The molecule has 1 unspecified atom stereocenters. The summed E-state index contributed by atoms with van der Waals surface area (Å²) in [5.41, 5.74) is 5.19. The molecule has 0 rings (SSSR count). The zero-order valence-corrected chi connectivity index (χ0v) is 8.26. The summed E-state index contributed by atoms with van der Waals surface area (Å²) in [5, 5.41) is 0. The predicted octanol–water partition coefficient (Wildman–Crippen LogP) is 0.452. The highest BCUT2D eigenvalue weighted by atomic mass is 32.2. The van der Waals surface area contributed by atoms with E-state index in [0.29, 0.717) is 6.42 Å². The van der Waals surface area contributed by atoms with E-state index >= 15 is 0 Å². The second-order valence-corrected chi connectivity index (χ2v) is 5.30. The monoisotopic (exact) mass is 194 g/mol. The van der Waals surface area contributed by atoms with Crippen LogP contribution in [0, 0.1) is 12.8 Å². The molecule has 0 heterocycles. The van der Waals surface area contributed by atoms with Crippen molar-refractivity contribution in [1.29, 1.82) is 0 Å². The van der Waals surface area contributed by atoms with Crippen molar-refractivity contribution in [2.45, 2.75) is 25.8 Å². The molecule has 0 saturated heterocycles. The fraction of sp³-hybridized carbons (Fsp3) is 0.857. The van der Waals surface area contributed by atoms with Crippen LogP contribution in [0.1, 0.15) is 20.3 Å². The molecule has 0 aliphatic rings. The van der Waals surface area contributed by atoms with Crippen LogP contribution < -0.4 is 5.73 Å². The van der Waals surface area contributed by atoms with E-state index in [1.807, 2.05) is 0 Å². The van der Waals surface area contributed by atoms with Crippen LogP contribution in [0.15, 0.2) is 0 Å². The largest absolute Gasteiger partial charge is 0.326 e. The molecule has 1 atom stereocenters. The smallest absolute Gasteiger partial charge is 0.265 e. The van der Waals surface area contributed by atoms with Crippen LogP contribution in [0.4, 0.5) is 0 Å². The van der Waals surface area contributed by atoms with E-state index in [1.165, 1.54) is 0 Å². The van der Waals surface area contributed by atoms with E-state index < -0.39 is 15.7 Å². The van der Waals surface area contributed by atoms with Gasteiger partial charge in [0.25, 0.3) is 10.1 Å². The first-order chi connectivity index (χ1) is 5.10. The van der Waals surface area contributed by atoms with Crippen molar-refractivity contribution >= 4 is 10.1 Å². The Hall–Kier alpha value is -0.130. The maximum atomic E-state index is 10.4. The second-order valence-electron chi connectivity index (χ2n) is 3.81. The lowest BCUT2D eigenvalue weighted by molar-refractivity contribution is 0.409. The zero-order valence-electron chi connectivity index (χ0n) is 7.45. The lowest BCUT2D eigenvalue weighted by Gasteiger charge is -2.22. The molecular weight excluding hydrogens is 178 g/mol. The number of hydrogen-bond acceptors (Lipinski definition) is 3. The standard InChI is InChI=1S/C7H16NO3S/c1-6(4-7(2,3)8)5-12(9,10)11/h6H,1,4-5,8H2,2-3H3,(H,9,10,11). The molecule has 1 radical (unpaired) electrons. The molecule has 0 aliphatic carbocycles. The Morgan fingerprint density at radius 3 is 2.25 bits per heavy atom. The first-order valence-electron chi connectivity index (χ1n) is 3.67. The maximum absolute atomic E-state index is 10.4. The van der Waals surface area contributed by atoms with Gasteiger partial charge in [0, 0.05) is 5.54 Å². The van der Waals surface area contributed by atoms with Gasteiger partial charge in [0.05, 0.1) is 5.75 Å². The summed E-state index contributed by atoms with van der Waals surface area (Å²) in [5.74, 6) is -0.687. The van der Waals surface area contributed by atoms with Crippen LogP contribution in [0.2, 0.25) is 0 Å². The van der Waals surface area contributed by atoms with Crippen molar-refractivity contribution in [3.8, 4) is 0 Å². The minimum absolute atomic E-state index is 0.326. The van der Waals surface area contributed by atoms with Crippen molar-refractivity contribution < 1.29 is 13.0 Å². The molecule has 0 saturated carbocycles. The normalized spacial score (nSPS) is 16.1. The third-order valence-corrected chi connectivity index (χ3v) is 2.15. The third kappa shape index (κ3) is 7.97. The molecule has 4 nitrogen and oxygen atoms in total. The fourth-order valence-corrected chi connectivity index (χ4v) is 1.81. The molecular formula is C7H16NO3S. The van der Waals surface area contributed by atoms with Gasteiger partial charge in [0.2, 0.25) is 0 Å². The average molecular weight is 194 g/mol. The van der Waals surface area contributed by atoms with E-state index in [2.05, 4.69) is 6.92 Å². The quantitative estimate of drug-likeness (QED) is 0.637. The van der Waals surface area contributed by atoms with Gasteiger partial charge in [-0.25, -0.2) is 0 Å². The maximum Gasteiger partial charge on any atom is 0.265 e. The summed E-state index contributed by atoms with van der Waals surface area (Å²) in [4.78, 5) is 0. The molecule has 0 fully saturated rings. The number of hydrogen-bond donors (Lipinski definition) is 2. The average Bonchev–Trinajstić information content (AvgIpc) is 1.49. The SMILES string of the molecule is [CH2]C(CC(C)(C)N)CS(=O)(=O)O. The fourth-order valence-electron chi connectivity index (χ4n) is 1.10. The first kappa shape index (κ1) is 11.9. The molecule has 0 spiro atoms. The van der Waals surface area contributed by atoms with Gasteiger partial charge in [-0.2, -0.15) is 8.42 Å². The van der Waals surface area contributed by atoms with Crippen LogP contribution in [0.25, 0.3) is 0 Å². The van der Waals surface area contributed by atoms with Gasteiger partial charge in [-0.15, -0.1) is 0 Å². The van der Waals surface area contributed by atoms with Gasteiger partial charge in [0.15, 0.2) is 0 Å². The van der Waals surface area contributed by atoms with Crippen molar-refractivity contribution in [2.75, 3.05) is 5.75 Å². The highest BCUT2D eigenvalue weighted by Gasteiger charge is 2.19. The highest BCUT2D eigenvalue weighted by molar-refractivity contribution is 7.85. The van der Waals surface area contributed by atoms with Crippen LogP contribution in [0.3, 0.4) is 0 Å². The van der Waals surface area contributed by atoms with Gasteiger partial charge in [-0.05, 0) is 33.1 Å². The van der Waals surface area contributed by atoms with Crippen LogP contribution >= 0.6 is 0 Å².